The van der Waals surface area contributed by atoms with Gasteiger partial charge in [-0.2, -0.15) is 0 Å². The first-order chi connectivity index (χ1) is 14.8. The van der Waals surface area contributed by atoms with Crippen molar-refractivity contribution in [2.45, 2.75) is 16.2 Å². The van der Waals surface area contributed by atoms with Crippen LogP contribution in [0.25, 0.3) is 11.8 Å². The average molecular weight is 462 g/mol. The Morgan fingerprint density at radius 3 is 2.39 bits per heavy atom. The number of ether oxygens (including phenoxy) is 1. The maximum Gasteiger partial charge on any atom is 0.328 e. The number of nitrogens with zero attached hydrogens (tertiary/aromatic N) is 1. The summed E-state index contributed by atoms with van der Waals surface area (Å²) in [5.74, 6) is -1.61. The van der Waals surface area contributed by atoms with Gasteiger partial charge in [0, 0.05) is 39.1 Å². The van der Waals surface area contributed by atoms with Crippen LogP contribution in [0.2, 0.25) is 5.02 Å². The van der Waals surface area contributed by atoms with Gasteiger partial charge in [0.25, 0.3) is 0 Å². The Morgan fingerprint density at radius 2 is 1.74 bits per heavy atom. The van der Waals surface area contributed by atoms with Crippen LogP contribution in [-0.4, -0.2) is 54.3 Å². The van der Waals surface area contributed by atoms with Gasteiger partial charge in [0.2, 0.25) is 0 Å². The minimum absolute atomic E-state index is 0.558. The third-order valence-corrected chi connectivity index (χ3v) is 5.41. The summed E-state index contributed by atoms with van der Waals surface area (Å²) in [6.45, 7) is 1.71. The van der Waals surface area contributed by atoms with Crippen LogP contribution in [0.4, 0.5) is 0 Å². The molecule has 1 aliphatic heterocycles. The molecule has 0 atom stereocenters. The van der Waals surface area contributed by atoms with Crippen molar-refractivity contribution in [1.29, 1.82) is 0 Å². The number of carboxylic acids is 2. The Balaban J connectivity index is 0.000000366. The quantitative estimate of drug-likeness (QED) is 0.444. The number of carbonyl (C=O) groups is 2. The van der Waals surface area contributed by atoms with E-state index in [-0.39, 0.29) is 0 Å². The topological polar surface area (TPSA) is 87.1 Å². The van der Waals surface area contributed by atoms with E-state index in [4.69, 9.17) is 26.6 Å². The number of aliphatic carboxylic acids is 2. The molecule has 0 saturated heterocycles. The van der Waals surface area contributed by atoms with Crippen LogP contribution in [0, 0.1) is 0 Å². The summed E-state index contributed by atoms with van der Waals surface area (Å²) in [4.78, 5) is 23.7. The Bertz CT molecular complexity index is 972. The highest BCUT2D eigenvalue weighted by Crippen LogP contribution is 2.41. The van der Waals surface area contributed by atoms with Crippen molar-refractivity contribution in [3.05, 3.63) is 70.8 Å². The van der Waals surface area contributed by atoms with Crippen molar-refractivity contribution < 1.29 is 24.5 Å². The molecule has 0 bridgehead atoms. The van der Waals surface area contributed by atoms with Crippen LogP contribution >= 0.6 is 23.4 Å². The van der Waals surface area contributed by atoms with E-state index in [0.29, 0.717) is 18.8 Å². The molecule has 31 heavy (non-hydrogen) atoms. The molecule has 0 radical (unpaired) electrons. The molecule has 6 nitrogen and oxygen atoms in total. The van der Waals surface area contributed by atoms with Crippen LogP contribution in [0.3, 0.4) is 0 Å². The predicted molar refractivity (Wildman–Crippen MR) is 123 cm³/mol. The Kier molecular flexibility index (Phi) is 9.65. The molecule has 0 saturated carbocycles. The molecular weight excluding hydrogens is 438 g/mol. The number of fused-ring (bicyclic) bond motifs is 2. The number of hydrogen-bond acceptors (Lipinski definition) is 5. The molecule has 2 N–H and O–H groups in total. The lowest BCUT2D eigenvalue weighted by Gasteiger charge is -2.14. The minimum atomic E-state index is -1.26. The van der Waals surface area contributed by atoms with Gasteiger partial charge in [-0.15, -0.1) is 0 Å². The summed E-state index contributed by atoms with van der Waals surface area (Å²) in [6, 6.07) is 14.4. The normalized spacial score (nSPS) is 12.2. The van der Waals surface area contributed by atoms with E-state index in [1.165, 1.54) is 15.4 Å². The van der Waals surface area contributed by atoms with Gasteiger partial charge >= 0.3 is 11.9 Å². The first-order valence-electron chi connectivity index (χ1n) is 9.46. The maximum atomic E-state index is 9.55. The van der Waals surface area contributed by atoms with Gasteiger partial charge in [0.1, 0.15) is 5.76 Å². The van der Waals surface area contributed by atoms with Crippen LogP contribution in [-0.2, 0) is 14.3 Å². The number of halogens is 1. The van der Waals surface area contributed by atoms with E-state index in [2.05, 4.69) is 55.4 Å². The average Bonchev–Trinajstić information content (AvgIpc) is 2.86. The third kappa shape index (κ3) is 8.49. The van der Waals surface area contributed by atoms with E-state index < -0.39 is 11.9 Å². The van der Waals surface area contributed by atoms with Gasteiger partial charge in [-0.25, -0.2) is 9.59 Å². The van der Waals surface area contributed by atoms with Gasteiger partial charge in [-0.3, -0.25) is 0 Å². The van der Waals surface area contributed by atoms with Gasteiger partial charge in [0.15, 0.2) is 0 Å². The second-order valence-electron chi connectivity index (χ2n) is 6.80. The molecule has 0 spiro atoms. The third-order valence-electron chi connectivity index (χ3n) is 4.01. The van der Waals surface area contributed by atoms with Gasteiger partial charge in [0.05, 0.1) is 6.61 Å². The molecule has 8 heteroatoms. The summed E-state index contributed by atoms with van der Waals surface area (Å²) in [7, 11) is 4.15. The lowest BCUT2D eigenvalue weighted by Crippen LogP contribution is -2.14. The zero-order chi connectivity index (χ0) is 22.8. The maximum absolute atomic E-state index is 9.55. The molecule has 0 aromatic heterocycles. The molecule has 2 aromatic rings. The summed E-state index contributed by atoms with van der Waals surface area (Å²) < 4.78 is 6.11. The van der Waals surface area contributed by atoms with Crippen molar-refractivity contribution in [1.82, 2.24) is 4.90 Å². The highest BCUT2D eigenvalue weighted by molar-refractivity contribution is 7.99. The van der Waals surface area contributed by atoms with Crippen molar-refractivity contribution in [2.24, 2.45) is 0 Å². The summed E-state index contributed by atoms with van der Waals surface area (Å²) >= 11 is 7.97. The molecule has 0 aliphatic carbocycles. The fraction of sp³-hybridized carbons (Fsp3) is 0.217. The molecular formula is C23H24ClNO5S. The molecule has 3 rings (SSSR count). The van der Waals surface area contributed by atoms with E-state index in [1.54, 1.807) is 11.8 Å². The Labute approximate surface area is 190 Å². The van der Waals surface area contributed by atoms with Crippen molar-refractivity contribution in [2.75, 3.05) is 27.2 Å². The first-order valence-corrected chi connectivity index (χ1v) is 10.7. The van der Waals surface area contributed by atoms with Gasteiger partial charge in [-0.05, 0) is 56.4 Å². The van der Waals surface area contributed by atoms with Gasteiger partial charge < -0.3 is 19.8 Å². The van der Waals surface area contributed by atoms with Crippen LogP contribution in [0.5, 0.6) is 0 Å². The van der Waals surface area contributed by atoms with Gasteiger partial charge in [-0.1, -0.05) is 41.6 Å². The monoisotopic (exact) mass is 461 g/mol. The smallest absolute Gasteiger partial charge is 0.328 e. The van der Waals surface area contributed by atoms with Crippen molar-refractivity contribution in [3.63, 3.8) is 0 Å². The molecule has 1 aliphatic rings. The van der Waals surface area contributed by atoms with Crippen LogP contribution in [0.15, 0.2) is 64.4 Å². The van der Waals surface area contributed by atoms with E-state index in [1.807, 2.05) is 12.1 Å². The molecule has 0 amide bonds. The van der Waals surface area contributed by atoms with E-state index in [9.17, 15) is 9.59 Å². The lowest BCUT2D eigenvalue weighted by molar-refractivity contribution is -0.134. The Hall–Kier alpha value is -2.74. The Morgan fingerprint density at radius 1 is 1.06 bits per heavy atom. The minimum Gasteiger partial charge on any atom is -0.493 e. The van der Waals surface area contributed by atoms with E-state index >= 15 is 0 Å². The number of rotatable bonds is 7. The van der Waals surface area contributed by atoms with Crippen LogP contribution in [0.1, 0.15) is 17.5 Å². The van der Waals surface area contributed by atoms with Crippen LogP contribution < -0.4 is 0 Å². The van der Waals surface area contributed by atoms with Crippen molar-refractivity contribution in [3.8, 4) is 0 Å². The van der Waals surface area contributed by atoms with Crippen molar-refractivity contribution >= 4 is 47.1 Å². The number of hydrogen-bond donors (Lipinski definition) is 2. The fourth-order valence-electron chi connectivity index (χ4n) is 2.64. The largest absolute Gasteiger partial charge is 0.493 e. The lowest BCUT2D eigenvalue weighted by atomic mass is 10.1. The summed E-state index contributed by atoms with van der Waals surface area (Å²) in [6.07, 6.45) is 4.24. The number of carboxylic acid groups (broad SMARTS) is 2. The molecule has 164 valence electrons. The zero-order valence-electron chi connectivity index (χ0n) is 17.2. The highest BCUT2D eigenvalue weighted by atomic mass is 35.5. The zero-order valence-corrected chi connectivity index (χ0v) is 18.8. The second kappa shape index (κ2) is 12.2. The summed E-state index contributed by atoms with van der Waals surface area (Å²) in [5, 5.41) is 16.4. The molecule has 1 heterocycles. The second-order valence-corrected chi connectivity index (χ2v) is 8.32. The predicted octanol–water partition coefficient (Wildman–Crippen LogP) is 4.98. The first kappa shape index (κ1) is 24.5. The molecule has 0 unspecified atom stereocenters. The van der Waals surface area contributed by atoms with E-state index in [0.717, 1.165) is 29.3 Å². The summed E-state index contributed by atoms with van der Waals surface area (Å²) in [5.41, 5.74) is 2.26. The number of benzene rings is 2. The standard InChI is InChI=1S/C19H20ClNOS.C4H4O4/c1-21(2)10-5-11-22-17-12-14-6-3-4-7-18(14)23-19-9-8-15(20)13-16(17)19;5-3(6)1-2-4(7)8/h3-4,6-9,12-13H,5,10-11H2,1-2H3;1-2H,(H,5,6)(H,7,8)/b;2-1+. The molecule has 2 aromatic carbocycles. The SMILES string of the molecule is CN(C)CCCOC1=Cc2ccccc2Sc2ccc(Cl)cc21.O=C(O)/C=C/C(=O)O. The highest BCUT2D eigenvalue weighted by Gasteiger charge is 2.17. The molecule has 0 fully saturated rings. The fourth-order valence-corrected chi connectivity index (χ4v) is 3.84.